The average Bonchev–Trinajstić information content (AvgIpc) is 2.41. The van der Waals surface area contributed by atoms with Crippen molar-refractivity contribution in [3.8, 4) is 0 Å². The van der Waals surface area contributed by atoms with Crippen LogP contribution in [0.1, 0.15) is 44.7 Å². The standard InChI is InChI=1S/C17H28N2/c1-6-15-11-18-17(5,7-2)12-19(15)16-10-13(3)8-9-14(16)4/h8-10,15,18H,6-7,11-12H2,1-5H3. The zero-order chi connectivity index (χ0) is 14.0. The molecule has 106 valence electrons. The van der Waals surface area contributed by atoms with Gasteiger partial charge < -0.3 is 10.2 Å². The lowest BCUT2D eigenvalue weighted by Gasteiger charge is -2.47. The Morgan fingerprint density at radius 1 is 1.32 bits per heavy atom. The highest BCUT2D eigenvalue weighted by Crippen LogP contribution is 2.29. The molecule has 0 aromatic heterocycles. The molecule has 0 amide bonds. The molecule has 1 aromatic rings. The molecule has 1 N–H and O–H groups in total. The largest absolute Gasteiger partial charge is 0.365 e. The predicted molar refractivity (Wildman–Crippen MR) is 84.0 cm³/mol. The summed E-state index contributed by atoms with van der Waals surface area (Å²) < 4.78 is 0. The van der Waals surface area contributed by atoms with E-state index in [-0.39, 0.29) is 5.54 Å². The number of anilines is 1. The van der Waals surface area contributed by atoms with Gasteiger partial charge in [-0.25, -0.2) is 0 Å². The van der Waals surface area contributed by atoms with Gasteiger partial charge in [0.1, 0.15) is 0 Å². The van der Waals surface area contributed by atoms with Crippen LogP contribution in [0, 0.1) is 13.8 Å². The molecule has 1 fully saturated rings. The minimum absolute atomic E-state index is 0.238. The Morgan fingerprint density at radius 3 is 2.68 bits per heavy atom. The van der Waals surface area contributed by atoms with Gasteiger partial charge in [0.2, 0.25) is 0 Å². The number of nitrogens with one attached hydrogen (secondary N) is 1. The molecule has 2 rings (SSSR count). The molecule has 1 heterocycles. The third-order valence-corrected chi connectivity index (χ3v) is 4.65. The number of rotatable bonds is 3. The first-order chi connectivity index (χ1) is 8.99. The maximum absolute atomic E-state index is 3.74. The van der Waals surface area contributed by atoms with Crippen LogP contribution in [0.5, 0.6) is 0 Å². The molecule has 2 atom stereocenters. The topological polar surface area (TPSA) is 15.3 Å². The Balaban J connectivity index is 2.35. The molecule has 2 nitrogen and oxygen atoms in total. The summed E-state index contributed by atoms with van der Waals surface area (Å²) in [6, 6.07) is 7.42. The smallest absolute Gasteiger partial charge is 0.0413 e. The van der Waals surface area contributed by atoms with Gasteiger partial charge in [0, 0.05) is 30.4 Å². The summed E-state index contributed by atoms with van der Waals surface area (Å²) in [5.74, 6) is 0. The van der Waals surface area contributed by atoms with Crippen LogP contribution in [-0.2, 0) is 0 Å². The van der Waals surface area contributed by atoms with E-state index in [9.17, 15) is 0 Å². The van der Waals surface area contributed by atoms with Crippen molar-refractivity contribution >= 4 is 5.69 Å². The van der Waals surface area contributed by atoms with E-state index in [1.165, 1.54) is 29.7 Å². The van der Waals surface area contributed by atoms with Crippen LogP contribution in [0.25, 0.3) is 0 Å². The highest BCUT2D eigenvalue weighted by Gasteiger charge is 2.34. The molecule has 1 aromatic carbocycles. The molecule has 1 aliphatic heterocycles. The lowest BCUT2D eigenvalue weighted by Crippen LogP contribution is -2.63. The molecule has 0 spiro atoms. The predicted octanol–water partition coefficient (Wildman–Crippen LogP) is 3.66. The second kappa shape index (κ2) is 5.54. The van der Waals surface area contributed by atoms with Crippen molar-refractivity contribution in [3.63, 3.8) is 0 Å². The zero-order valence-corrected chi connectivity index (χ0v) is 13.1. The molecule has 0 saturated carbocycles. The van der Waals surface area contributed by atoms with Crippen molar-refractivity contribution in [3.05, 3.63) is 29.3 Å². The molecule has 19 heavy (non-hydrogen) atoms. The van der Waals surface area contributed by atoms with Gasteiger partial charge in [0.15, 0.2) is 0 Å². The zero-order valence-electron chi connectivity index (χ0n) is 13.1. The van der Waals surface area contributed by atoms with Crippen molar-refractivity contribution in [2.24, 2.45) is 0 Å². The van der Waals surface area contributed by atoms with Gasteiger partial charge in [-0.1, -0.05) is 26.0 Å². The summed E-state index contributed by atoms with van der Waals surface area (Å²) >= 11 is 0. The van der Waals surface area contributed by atoms with Crippen molar-refractivity contribution in [1.82, 2.24) is 5.32 Å². The van der Waals surface area contributed by atoms with Crippen LogP contribution in [0.2, 0.25) is 0 Å². The summed E-state index contributed by atoms with van der Waals surface area (Å²) in [6.07, 6.45) is 2.37. The van der Waals surface area contributed by atoms with E-state index < -0.39 is 0 Å². The van der Waals surface area contributed by atoms with Gasteiger partial charge in [0.05, 0.1) is 0 Å². The first kappa shape index (κ1) is 14.4. The number of nitrogens with zero attached hydrogens (tertiary/aromatic N) is 1. The van der Waals surface area contributed by atoms with Gasteiger partial charge in [-0.3, -0.25) is 0 Å². The summed E-state index contributed by atoms with van der Waals surface area (Å²) in [5, 5.41) is 3.74. The number of hydrogen-bond donors (Lipinski definition) is 1. The molecular formula is C17H28N2. The van der Waals surface area contributed by atoms with Gasteiger partial charge in [-0.05, 0) is 50.8 Å². The Kier molecular flexibility index (Phi) is 4.19. The van der Waals surface area contributed by atoms with E-state index in [0.29, 0.717) is 6.04 Å². The van der Waals surface area contributed by atoms with E-state index in [1.54, 1.807) is 0 Å². The van der Waals surface area contributed by atoms with Gasteiger partial charge >= 0.3 is 0 Å². The third-order valence-electron chi connectivity index (χ3n) is 4.65. The van der Waals surface area contributed by atoms with Crippen molar-refractivity contribution in [2.45, 2.75) is 59.0 Å². The van der Waals surface area contributed by atoms with Crippen LogP contribution < -0.4 is 10.2 Å². The van der Waals surface area contributed by atoms with Gasteiger partial charge in [-0.15, -0.1) is 0 Å². The quantitative estimate of drug-likeness (QED) is 0.892. The molecule has 2 unspecified atom stereocenters. The van der Waals surface area contributed by atoms with Gasteiger partial charge in [0.25, 0.3) is 0 Å². The fraction of sp³-hybridized carbons (Fsp3) is 0.647. The summed E-state index contributed by atoms with van der Waals surface area (Å²) in [6.45, 7) is 13.5. The average molecular weight is 260 g/mol. The first-order valence-corrected chi connectivity index (χ1v) is 7.58. The Morgan fingerprint density at radius 2 is 2.05 bits per heavy atom. The fourth-order valence-electron chi connectivity index (χ4n) is 2.95. The molecule has 1 aliphatic rings. The molecular weight excluding hydrogens is 232 g/mol. The van der Waals surface area contributed by atoms with Crippen LogP contribution in [-0.4, -0.2) is 24.7 Å². The number of aryl methyl sites for hydroxylation is 2. The van der Waals surface area contributed by atoms with E-state index in [4.69, 9.17) is 0 Å². The number of piperazine rings is 1. The minimum Gasteiger partial charge on any atom is -0.365 e. The highest BCUT2D eigenvalue weighted by molar-refractivity contribution is 5.56. The minimum atomic E-state index is 0.238. The third kappa shape index (κ3) is 2.94. The fourth-order valence-corrected chi connectivity index (χ4v) is 2.95. The lowest BCUT2D eigenvalue weighted by atomic mass is 9.91. The van der Waals surface area contributed by atoms with Crippen molar-refractivity contribution < 1.29 is 0 Å². The molecule has 2 heteroatoms. The second-order valence-electron chi connectivity index (χ2n) is 6.28. The Bertz CT molecular complexity index is 441. The molecule has 0 bridgehead atoms. The monoisotopic (exact) mass is 260 g/mol. The van der Waals surface area contributed by atoms with Crippen LogP contribution in [0.3, 0.4) is 0 Å². The maximum atomic E-state index is 3.74. The van der Waals surface area contributed by atoms with Crippen molar-refractivity contribution in [1.29, 1.82) is 0 Å². The van der Waals surface area contributed by atoms with Crippen molar-refractivity contribution in [2.75, 3.05) is 18.0 Å². The van der Waals surface area contributed by atoms with Crippen LogP contribution in [0.4, 0.5) is 5.69 Å². The summed E-state index contributed by atoms with van der Waals surface area (Å²) in [4.78, 5) is 2.63. The van der Waals surface area contributed by atoms with Gasteiger partial charge in [-0.2, -0.15) is 0 Å². The number of benzene rings is 1. The molecule has 0 aliphatic carbocycles. The Labute approximate surface area is 118 Å². The second-order valence-corrected chi connectivity index (χ2v) is 6.28. The highest BCUT2D eigenvalue weighted by atomic mass is 15.3. The maximum Gasteiger partial charge on any atom is 0.0413 e. The van der Waals surface area contributed by atoms with Crippen LogP contribution >= 0.6 is 0 Å². The summed E-state index contributed by atoms with van der Waals surface area (Å²) in [7, 11) is 0. The molecule has 0 radical (unpaired) electrons. The normalized spacial score (nSPS) is 27.6. The van der Waals surface area contributed by atoms with E-state index in [1.807, 2.05) is 0 Å². The van der Waals surface area contributed by atoms with E-state index in [2.05, 4.69) is 63.0 Å². The number of hydrogen-bond acceptors (Lipinski definition) is 2. The lowest BCUT2D eigenvalue weighted by molar-refractivity contribution is 0.276. The molecule has 1 saturated heterocycles. The Hall–Kier alpha value is -1.02. The van der Waals surface area contributed by atoms with E-state index in [0.717, 1.165) is 13.1 Å². The first-order valence-electron chi connectivity index (χ1n) is 7.58. The van der Waals surface area contributed by atoms with Crippen LogP contribution in [0.15, 0.2) is 18.2 Å². The van der Waals surface area contributed by atoms with E-state index >= 15 is 0 Å². The summed E-state index contributed by atoms with van der Waals surface area (Å²) in [5.41, 5.74) is 4.41. The SMILES string of the molecule is CCC1CNC(C)(CC)CN1c1cc(C)ccc1C.